The molecular weight excluding hydrogens is 342 g/mol. The maximum atomic E-state index is 11.6. The van der Waals surface area contributed by atoms with Crippen molar-refractivity contribution in [3.05, 3.63) is 69.7 Å². The lowest BCUT2D eigenvalue weighted by Crippen LogP contribution is -1.97. The maximum Gasteiger partial charge on any atom is 0.319 e. The summed E-state index contributed by atoms with van der Waals surface area (Å²) in [6.45, 7) is 0.723. The number of halogens is 2. The first-order valence-electron chi connectivity index (χ1n) is 6.92. The fourth-order valence-corrected chi connectivity index (χ4v) is 2.72. The van der Waals surface area contributed by atoms with E-state index >= 15 is 0 Å². The summed E-state index contributed by atoms with van der Waals surface area (Å²) in [5, 5.41) is 1.40. The summed E-state index contributed by atoms with van der Waals surface area (Å²) >= 11 is 11.6. The predicted octanol–water partition coefficient (Wildman–Crippen LogP) is 5.20. The summed E-state index contributed by atoms with van der Waals surface area (Å²) in [5.41, 5.74) is 2.17. The molecule has 6 heteroatoms. The minimum Gasteiger partial charge on any atom is -0.310 e. The highest BCUT2D eigenvalue weighted by molar-refractivity contribution is 7.33. The molecule has 3 nitrogen and oxygen atoms in total. The zero-order valence-corrected chi connectivity index (χ0v) is 14.4. The van der Waals surface area contributed by atoms with Crippen molar-refractivity contribution >= 4 is 31.5 Å². The lowest BCUT2D eigenvalue weighted by Gasteiger charge is -2.06. The monoisotopic (exact) mass is 358 g/mol. The largest absolute Gasteiger partial charge is 0.319 e. The van der Waals surface area contributed by atoms with Gasteiger partial charge in [-0.15, -0.1) is 0 Å². The number of hydrogen-bond acceptors (Lipinski definition) is 3. The van der Waals surface area contributed by atoms with E-state index in [0.717, 1.165) is 11.1 Å². The third kappa shape index (κ3) is 6.51. The van der Waals surface area contributed by atoms with Crippen LogP contribution in [0, 0.1) is 0 Å². The van der Waals surface area contributed by atoms with E-state index in [1.54, 1.807) is 0 Å². The maximum absolute atomic E-state index is 11.6. The molecular formula is C16H17Cl2O3P. The molecule has 0 aliphatic rings. The van der Waals surface area contributed by atoms with Crippen molar-refractivity contribution in [1.29, 1.82) is 0 Å². The van der Waals surface area contributed by atoms with Crippen molar-refractivity contribution in [2.24, 2.45) is 0 Å². The Bertz CT molecular complexity index is 546. The van der Waals surface area contributed by atoms with Gasteiger partial charge in [-0.3, -0.25) is 4.57 Å². The molecule has 0 aromatic heterocycles. The van der Waals surface area contributed by atoms with E-state index in [9.17, 15) is 4.57 Å². The molecule has 118 valence electrons. The van der Waals surface area contributed by atoms with Crippen LogP contribution in [0.15, 0.2) is 48.5 Å². The number of rotatable bonds is 8. The van der Waals surface area contributed by atoms with Gasteiger partial charge in [0.1, 0.15) is 0 Å². The van der Waals surface area contributed by atoms with Crippen LogP contribution in [0.4, 0.5) is 0 Å². The zero-order chi connectivity index (χ0) is 15.8. The van der Waals surface area contributed by atoms with Gasteiger partial charge in [-0.1, -0.05) is 47.5 Å². The van der Waals surface area contributed by atoms with Gasteiger partial charge in [0.05, 0.1) is 13.2 Å². The van der Waals surface area contributed by atoms with Gasteiger partial charge in [0, 0.05) is 10.0 Å². The molecule has 0 saturated carbocycles. The first-order valence-corrected chi connectivity index (χ1v) is 8.90. The highest BCUT2D eigenvalue weighted by Gasteiger charge is 2.02. The molecule has 0 aliphatic carbocycles. The number of benzene rings is 2. The average Bonchev–Trinajstić information content (AvgIpc) is 2.51. The van der Waals surface area contributed by atoms with E-state index in [1.807, 2.05) is 48.5 Å². The third-order valence-electron chi connectivity index (χ3n) is 3.05. The quantitative estimate of drug-likeness (QED) is 0.608. The summed E-state index contributed by atoms with van der Waals surface area (Å²) in [7, 11) is -2.45. The van der Waals surface area contributed by atoms with Crippen LogP contribution < -0.4 is 0 Å². The minimum absolute atomic E-state index is 0.361. The lowest BCUT2D eigenvalue weighted by atomic mass is 10.2. The molecule has 0 atom stereocenters. The molecule has 0 spiro atoms. The molecule has 0 bridgehead atoms. The van der Waals surface area contributed by atoms with Crippen molar-refractivity contribution in [3.8, 4) is 0 Å². The highest BCUT2D eigenvalue weighted by atomic mass is 35.5. The van der Waals surface area contributed by atoms with Crippen LogP contribution in [-0.2, 0) is 26.5 Å². The fourth-order valence-electron chi connectivity index (χ4n) is 1.85. The van der Waals surface area contributed by atoms with Gasteiger partial charge in [0.2, 0.25) is 0 Å². The molecule has 0 unspecified atom stereocenters. The molecule has 0 radical (unpaired) electrons. The molecule has 22 heavy (non-hydrogen) atoms. The van der Waals surface area contributed by atoms with Crippen LogP contribution in [0.25, 0.3) is 0 Å². The van der Waals surface area contributed by atoms with E-state index in [0.29, 0.717) is 36.1 Å². The van der Waals surface area contributed by atoms with Crippen molar-refractivity contribution in [1.82, 2.24) is 0 Å². The van der Waals surface area contributed by atoms with Crippen LogP contribution in [-0.4, -0.2) is 13.2 Å². The Labute approximate surface area is 141 Å². The van der Waals surface area contributed by atoms with Crippen LogP contribution in [0.1, 0.15) is 11.1 Å². The Morgan fingerprint density at radius 1 is 0.727 bits per heavy atom. The van der Waals surface area contributed by atoms with E-state index < -0.39 is 8.25 Å². The Kier molecular flexibility index (Phi) is 7.44. The SMILES string of the molecule is O=[PH](OCCc1ccc(Cl)cc1)OCCc1ccc(Cl)cc1. The van der Waals surface area contributed by atoms with Crippen LogP contribution in [0.2, 0.25) is 10.0 Å². The molecule has 0 saturated heterocycles. The Morgan fingerprint density at radius 3 is 1.45 bits per heavy atom. The van der Waals surface area contributed by atoms with Crippen molar-refractivity contribution in [3.63, 3.8) is 0 Å². The molecule has 2 aromatic carbocycles. The second-order valence-electron chi connectivity index (χ2n) is 4.70. The molecule has 0 N–H and O–H groups in total. The Balaban J connectivity index is 1.61. The summed E-state index contributed by atoms with van der Waals surface area (Å²) in [4.78, 5) is 0. The Hall–Kier alpha value is -0.830. The molecule has 0 amide bonds. The average molecular weight is 359 g/mol. The summed E-state index contributed by atoms with van der Waals surface area (Å²) in [5.74, 6) is 0. The van der Waals surface area contributed by atoms with Crippen LogP contribution in [0.3, 0.4) is 0 Å². The highest BCUT2D eigenvalue weighted by Crippen LogP contribution is 2.24. The standard InChI is InChI=1S/C16H17Cl2O3P/c17-15-5-1-13(2-6-15)9-11-20-22(19)21-12-10-14-3-7-16(18)8-4-14/h1-8,22H,9-12H2. The smallest absolute Gasteiger partial charge is 0.310 e. The van der Waals surface area contributed by atoms with E-state index in [-0.39, 0.29) is 0 Å². The fraction of sp³-hybridized carbons (Fsp3) is 0.250. The normalized spacial score (nSPS) is 11.0. The zero-order valence-electron chi connectivity index (χ0n) is 11.9. The molecule has 0 heterocycles. The van der Waals surface area contributed by atoms with Crippen molar-refractivity contribution in [2.45, 2.75) is 12.8 Å². The minimum atomic E-state index is -2.45. The topological polar surface area (TPSA) is 35.5 Å². The summed E-state index contributed by atoms with van der Waals surface area (Å²) in [6.07, 6.45) is 1.35. The van der Waals surface area contributed by atoms with Crippen LogP contribution >= 0.6 is 31.5 Å². The van der Waals surface area contributed by atoms with Gasteiger partial charge in [-0.2, -0.15) is 0 Å². The van der Waals surface area contributed by atoms with Crippen molar-refractivity contribution < 1.29 is 13.6 Å². The molecule has 0 fully saturated rings. The first-order chi connectivity index (χ1) is 10.6. The van der Waals surface area contributed by atoms with E-state index in [1.165, 1.54) is 0 Å². The molecule has 2 aromatic rings. The number of hydrogen-bond donors (Lipinski definition) is 0. The lowest BCUT2D eigenvalue weighted by molar-refractivity contribution is 0.229. The summed E-state index contributed by atoms with van der Waals surface area (Å²) in [6, 6.07) is 15.0. The van der Waals surface area contributed by atoms with Gasteiger partial charge >= 0.3 is 8.25 Å². The van der Waals surface area contributed by atoms with Gasteiger partial charge in [0.15, 0.2) is 0 Å². The van der Waals surface area contributed by atoms with E-state index in [2.05, 4.69) is 0 Å². The summed E-state index contributed by atoms with van der Waals surface area (Å²) < 4.78 is 22.0. The Morgan fingerprint density at radius 2 is 1.09 bits per heavy atom. The van der Waals surface area contributed by atoms with Crippen molar-refractivity contribution in [2.75, 3.05) is 13.2 Å². The van der Waals surface area contributed by atoms with Gasteiger partial charge in [-0.05, 0) is 48.2 Å². The third-order valence-corrected chi connectivity index (χ3v) is 4.43. The van der Waals surface area contributed by atoms with Gasteiger partial charge in [-0.25, -0.2) is 0 Å². The second kappa shape index (κ2) is 9.34. The van der Waals surface area contributed by atoms with Gasteiger partial charge < -0.3 is 9.05 Å². The molecule has 0 aliphatic heterocycles. The van der Waals surface area contributed by atoms with E-state index in [4.69, 9.17) is 32.2 Å². The predicted molar refractivity (Wildman–Crippen MR) is 91.2 cm³/mol. The van der Waals surface area contributed by atoms with Gasteiger partial charge in [0.25, 0.3) is 0 Å². The van der Waals surface area contributed by atoms with Crippen LogP contribution in [0.5, 0.6) is 0 Å². The second-order valence-corrected chi connectivity index (χ2v) is 6.65. The molecule has 2 rings (SSSR count). The first kappa shape index (κ1) is 17.5.